The molecule has 0 aromatic heterocycles. The van der Waals surface area contributed by atoms with Crippen LogP contribution >= 0.6 is 0 Å². The van der Waals surface area contributed by atoms with E-state index in [1.807, 2.05) is 0 Å². The molecular weight excluding hydrogens is 367 g/mol. The van der Waals surface area contributed by atoms with Crippen LogP contribution in [0, 0.1) is 0 Å². The van der Waals surface area contributed by atoms with Crippen molar-refractivity contribution in [2.24, 2.45) is 0 Å². The van der Waals surface area contributed by atoms with Crippen LogP contribution in [0.3, 0.4) is 0 Å². The van der Waals surface area contributed by atoms with Crippen LogP contribution in [0.15, 0.2) is 0 Å². The van der Waals surface area contributed by atoms with Gasteiger partial charge in [-0.25, -0.2) is 0 Å². The summed E-state index contributed by atoms with van der Waals surface area (Å²) < 4.78 is 37.7. The number of rotatable bonds is 13. The average Bonchev–Trinajstić information content (AvgIpc) is 2.52. The van der Waals surface area contributed by atoms with E-state index in [-0.39, 0.29) is 5.97 Å². The molecule has 2 N–H and O–H groups in total. The number of carbonyl (C=O) groups is 1. The average molecular weight is 407 g/mol. The number of esters is 1. The summed E-state index contributed by atoms with van der Waals surface area (Å²) in [7, 11) is -4.67. The number of unbranched alkanes of at least 4 members (excludes halogenated alkanes) is 10. The molecule has 0 aliphatic heterocycles. The molecule has 0 aliphatic rings. The molecule has 0 heterocycles. The van der Waals surface area contributed by atoms with E-state index in [0.29, 0.717) is 6.61 Å². The van der Waals surface area contributed by atoms with Crippen molar-refractivity contribution in [3.63, 3.8) is 0 Å². The summed E-state index contributed by atoms with van der Waals surface area (Å²) in [5.41, 5.74) is 0. The van der Waals surface area contributed by atoms with Gasteiger partial charge in [-0.15, -0.1) is 0 Å². The van der Waals surface area contributed by atoms with Crippen LogP contribution in [0.1, 0.15) is 97.8 Å². The number of hydrogen-bond acceptors (Lipinski definition) is 4. The Balaban J connectivity index is -0.000000346. The molecule has 0 unspecified atom stereocenters. The second-order valence-corrected chi connectivity index (χ2v) is 8.22. The normalized spacial score (nSPS) is 10.3. The molecule has 0 aromatic carbocycles. The molecule has 0 atom stereocenters. The fraction of sp³-hybridized carbons (Fsp3) is 0.944. The van der Waals surface area contributed by atoms with Crippen LogP contribution in [-0.4, -0.2) is 58.0 Å². The third-order valence-electron chi connectivity index (χ3n) is 3.51. The first-order valence-electron chi connectivity index (χ1n) is 10.0. The van der Waals surface area contributed by atoms with Gasteiger partial charge < -0.3 is 4.74 Å². The molecule has 0 saturated heterocycles. The predicted octanol–water partition coefficient (Wildman–Crippen LogP) is 5.19. The molecule has 0 rings (SSSR count). The molecule has 8 heteroatoms. The largest absolute Gasteiger partial charge is 0.466 e. The molecule has 0 aliphatic carbocycles. The van der Waals surface area contributed by atoms with Crippen molar-refractivity contribution in [3.05, 3.63) is 0 Å². The van der Waals surface area contributed by atoms with Gasteiger partial charge in [-0.1, -0.05) is 13.3 Å². The summed E-state index contributed by atoms with van der Waals surface area (Å²) in [5, 5.41) is 0. The Morgan fingerprint density at radius 1 is 0.808 bits per heavy atom. The van der Waals surface area contributed by atoms with Gasteiger partial charge in [0, 0.05) is 6.92 Å². The second kappa shape index (κ2) is 25.3. The molecule has 0 spiro atoms. The van der Waals surface area contributed by atoms with Gasteiger partial charge in [0.05, 0.1) is 6.61 Å². The number of carbonyl (C=O) groups excluding carboxylic acids is 1. The molecule has 0 bridgehead atoms. The van der Waals surface area contributed by atoms with Crippen LogP contribution in [0.25, 0.3) is 0 Å². The van der Waals surface area contributed by atoms with Crippen LogP contribution < -0.4 is 0 Å². The third kappa shape index (κ3) is 56.3. The minimum absolute atomic E-state index is 0.182. The van der Waals surface area contributed by atoms with Gasteiger partial charge >= 0.3 is 119 Å². The van der Waals surface area contributed by atoms with E-state index in [0.717, 1.165) is 12.8 Å². The van der Waals surface area contributed by atoms with Crippen LogP contribution in [-0.2, 0) is 19.9 Å². The molecule has 6 nitrogen and oxygen atoms in total. The Kier molecular flexibility index (Phi) is 30.3. The van der Waals surface area contributed by atoms with Crippen molar-refractivity contribution in [3.8, 4) is 0 Å². The predicted molar refractivity (Wildman–Crippen MR) is 108 cm³/mol. The van der Waals surface area contributed by atoms with Gasteiger partial charge in [0.2, 0.25) is 0 Å². The van der Waals surface area contributed by atoms with Crippen molar-refractivity contribution in [2.45, 2.75) is 101 Å². The van der Waals surface area contributed by atoms with Crippen molar-refractivity contribution < 1.29 is 27.1 Å². The van der Waals surface area contributed by atoms with Crippen LogP contribution in [0.5, 0.6) is 0 Å². The Bertz CT molecular complexity index is 356. The summed E-state index contributed by atoms with van der Waals surface area (Å²) in [6, 6.07) is 0. The van der Waals surface area contributed by atoms with Gasteiger partial charge in [-0.3, -0.25) is 13.9 Å². The second-order valence-electron chi connectivity index (χ2n) is 6.32. The van der Waals surface area contributed by atoms with Gasteiger partial charge in [-0.2, -0.15) is 8.42 Å². The first kappa shape index (κ1) is 31.0. The summed E-state index contributed by atoms with van der Waals surface area (Å²) in [4.78, 5) is 10.1. The molecule has 26 heavy (non-hydrogen) atoms. The molecule has 0 saturated carbocycles. The molecule has 0 radical (unpaired) electrons. The van der Waals surface area contributed by atoms with E-state index in [2.05, 4.69) is 18.6 Å². The summed E-state index contributed by atoms with van der Waals surface area (Å²) in [6.45, 7) is 6.35. The number of ether oxygens (including phenoxy) is 1. The van der Waals surface area contributed by atoms with Crippen molar-refractivity contribution >= 4 is 44.3 Å². The fourth-order valence-electron chi connectivity index (χ4n) is 2.10. The SMILES string of the molecule is CCCCCCCCCCC[CH2][Na].CCCCOC(C)=O.O=S(=O)(O)O. The third-order valence-corrected chi connectivity index (χ3v) is 4.22. The summed E-state index contributed by atoms with van der Waals surface area (Å²) >= 11 is 1.41. The standard InChI is InChI=1S/C12H25.C6H12O2.Na.H2O4S/c1-3-5-7-9-11-12-10-8-6-4-2;1-3-4-5-8-6(2)7;;1-5(2,3)4/h1,3-12H2,2H3;3-5H2,1-2H3;;(H2,1,2,3,4). The fourth-order valence-corrected chi connectivity index (χ4v) is 2.60. The smallest absolute Gasteiger partial charge is 0.394 e. The maximum atomic E-state index is 10.1. The Morgan fingerprint density at radius 3 is 1.46 bits per heavy atom. The minimum Gasteiger partial charge on any atom is -0.466 e. The van der Waals surface area contributed by atoms with Gasteiger partial charge in [0.15, 0.2) is 0 Å². The van der Waals surface area contributed by atoms with Crippen LogP contribution in [0.4, 0.5) is 0 Å². The zero-order valence-electron chi connectivity index (χ0n) is 17.3. The first-order chi connectivity index (χ1) is 12.2. The summed E-state index contributed by atoms with van der Waals surface area (Å²) in [5.74, 6) is -0.182. The van der Waals surface area contributed by atoms with Crippen molar-refractivity contribution in [1.82, 2.24) is 0 Å². The molecule has 0 aromatic rings. The molecule has 0 amide bonds. The Labute approximate surface area is 178 Å². The van der Waals surface area contributed by atoms with E-state index in [9.17, 15) is 4.79 Å². The quantitative estimate of drug-likeness (QED) is 0.189. The molecule has 0 fully saturated rings. The van der Waals surface area contributed by atoms with E-state index >= 15 is 0 Å². The molecular formula is C18H39NaO6S. The van der Waals surface area contributed by atoms with Gasteiger partial charge in [0.25, 0.3) is 0 Å². The van der Waals surface area contributed by atoms with E-state index in [1.165, 1.54) is 103 Å². The zero-order chi connectivity index (χ0) is 20.7. The van der Waals surface area contributed by atoms with E-state index in [1.54, 1.807) is 0 Å². The summed E-state index contributed by atoms with van der Waals surface area (Å²) in [6.07, 6.45) is 16.8. The zero-order valence-corrected chi connectivity index (χ0v) is 20.2. The maximum Gasteiger partial charge on any atom is 0.394 e. The Hall–Kier alpha value is 0.340. The monoisotopic (exact) mass is 406 g/mol. The van der Waals surface area contributed by atoms with E-state index < -0.39 is 10.4 Å². The maximum absolute atomic E-state index is 10.1. The topological polar surface area (TPSA) is 101 Å². The molecule has 154 valence electrons. The van der Waals surface area contributed by atoms with Gasteiger partial charge in [0.1, 0.15) is 0 Å². The Morgan fingerprint density at radius 2 is 1.15 bits per heavy atom. The minimum atomic E-state index is -4.67. The van der Waals surface area contributed by atoms with Crippen molar-refractivity contribution in [1.29, 1.82) is 0 Å². The van der Waals surface area contributed by atoms with E-state index in [4.69, 9.17) is 17.5 Å². The van der Waals surface area contributed by atoms with Gasteiger partial charge in [-0.05, 0) is 6.42 Å². The number of hydrogen-bond donors (Lipinski definition) is 2. The first-order valence-corrected chi connectivity index (χ1v) is 12.8. The van der Waals surface area contributed by atoms with Crippen LogP contribution in [0.2, 0.25) is 3.67 Å². The van der Waals surface area contributed by atoms with Crippen molar-refractivity contribution in [2.75, 3.05) is 6.61 Å².